The molecule has 4 nitrogen and oxygen atoms in total. The van der Waals surface area contributed by atoms with Crippen LogP contribution in [0.3, 0.4) is 0 Å². The lowest BCUT2D eigenvalue weighted by atomic mass is 9.60. The third-order valence-corrected chi connectivity index (χ3v) is 6.26. The lowest BCUT2D eigenvalue weighted by Crippen LogP contribution is -2.54. The number of aliphatic hydroxyl groups is 1. The van der Waals surface area contributed by atoms with Gasteiger partial charge in [0, 0.05) is 6.61 Å². The van der Waals surface area contributed by atoms with E-state index in [9.17, 15) is 15.0 Å². The molecule has 1 fully saturated rings. The predicted molar refractivity (Wildman–Crippen MR) is 89.2 cm³/mol. The number of hydrogen-bond acceptors (Lipinski definition) is 3. The Hall–Kier alpha value is -1.39. The zero-order valence-corrected chi connectivity index (χ0v) is 13.8. The number of nitrogens with two attached hydrogens (primary N) is 1. The molecule has 2 atom stereocenters. The molecule has 4 N–H and O–H groups in total. The number of carboxylic acid groups (broad SMARTS) is 1. The fourth-order valence-electron chi connectivity index (χ4n) is 4.77. The second-order valence-electron chi connectivity index (χ2n) is 7.70. The largest absolute Gasteiger partial charge is 0.480 e. The number of aliphatic carboxylic acids is 1. The number of rotatable bonds is 4. The van der Waals surface area contributed by atoms with E-state index in [4.69, 9.17) is 5.73 Å². The number of hydrogen-bond donors (Lipinski definition) is 3. The van der Waals surface area contributed by atoms with E-state index in [1.165, 1.54) is 11.1 Å². The Labute approximate surface area is 137 Å². The smallest absolute Gasteiger partial charge is 0.323 e. The molecule has 0 aromatic heterocycles. The first-order chi connectivity index (χ1) is 10.9. The fourth-order valence-corrected chi connectivity index (χ4v) is 4.77. The van der Waals surface area contributed by atoms with Crippen molar-refractivity contribution in [1.29, 1.82) is 0 Å². The summed E-state index contributed by atoms with van der Waals surface area (Å²) >= 11 is 0. The quantitative estimate of drug-likeness (QED) is 0.796. The molecule has 1 aromatic carbocycles. The van der Waals surface area contributed by atoms with Gasteiger partial charge in [0.25, 0.3) is 0 Å². The Morgan fingerprint density at radius 2 is 1.96 bits per heavy atom. The lowest BCUT2D eigenvalue weighted by Gasteiger charge is -2.45. The molecule has 0 saturated heterocycles. The number of benzene rings is 1. The van der Waals surface area contributed by atoms with Gasteiger partial charge in [-0.3, -0.25) is 4.79 Å². The van der Waals surface area contributed by atoms with Crippen molar-refractivity contribution < 1.29 is 15.0 Å². The van der Waals surface area contributed by atoms with Crippen molar-refractivity contribution in [1.82, 2.24) is 0 Å². The van der Waals surface area contributed by atoms with Crippen LogP contribution in [0.2, 0.25) is 0 Å². The zero-order valence-electron chi connectivity index (χ0n) is 13.8. The molecule has 0 unspecified atom stereocenters. The number of carboxylic acids is 1. The van der Waals surface area contributed by atoms with Crippen LogP contribution in [-0.4, -0.2) is 28.3 Å². The van der Waals surface area contributed by atoms with Gasteiger partial charge in [0.2, 0.25) is 0 Å². The van der Waals surface area contributed by atoms with Gasteiger partial charge >= 0.3 is 5.97 Å². The number of fused-ring (bicyclic) bond motifs is 2. The summed E-state index contributed by atoms with van der Waals surface area (Å²) in [5, 5.41) is 18.9. The van der Waals surface area contributed by atoms with Gasteiger partial charge in [-0.25, -0.2) is 0 Å². The highest BCUT2D eigenvalue weighted by atomic mass is 16.4. The summed E-state index contributed by atoms with van der Waals surface area (Å²) in [5.41, 5.74) is 7.86. The van der Waals surface area contributed by atoms with Gasteiger partial charge < -0.3 is 15.9 Å². The first kappa shape index (κ1) is 16.5. The molecule has 0 aliphatic heterocycles. The van der Waals surface area contributed by atoms with Crippen molar-refractivity contribution in [2.75, 3.05) is 6.61 Å². The monoisotopic (exact) mass is 317 g/mol. The van der Waals surface area contributed by atoms with E-state index in [0.29, 0.717) is 18.8 Å². The van der Waals surface area contributed by atoms with Crippen molar-refractivity contribution in [3.8, 4) is 0 Å². The van der Waals surface area contributed by atoms with Crippen LogP contribution in [0, 0.1) is 11.8 Å². The third-order valence-electron chi connectivity index (χ3n) is 6.26. The van der Waals surface area contributed by atoms with Gasteiger partial charge in [0.05, 0.1) is 0 Å². The van der Waals surface area contributed by atoms with Crippen LogP contribution in [0.5, 0.6) is 0 Å². The van der Waals surface area contributed by atoms with Gasteiger partial charge in [0.15, 0.2) is 0 Å². The topological polar surface area (TPSA) is 83.5 Å². The molecular formula is C19H27NO3. The molecule has 2 aliphatic rings. The Bertz CT molecular complexity index is 590. The summed E-state index contributed by atoms with van der Waals surface area (Å²) in [5.74, 6) is -0.130. The minimum atomic E-state index is -1.07. The third kappa shape index (κ3) is 2.68. The molecule has 2 aliphatic carbocycles. The normalized spacial score (nSPS) is 34.3. The van der Waals surface area contributed by atoms with Gasteiger partial charge in [-0.05, 0) is 66.9 Å². The van der Waals surface area contributed by atoms with Crippen LogP contribution in [0.25, 0.3) is 0 Å². The van der Waals surface area contributed by atoms with Crippen LogP contribution in [0.4, 0.5) is 0 Å². The van der Waals surface area contributed by atoms with E-state index in [-0.39, 0.29) is 17.9 Å². The zero-order chi connectivity index (χ0) is 16.7. The number of aliphatic hydroxyl groups excluding tert-OH is 1. The van der Waals surface area contributed by atoms with Crippen molar-refractivity contribution in [2.24, 2.45) is 17.6 Å². The maximum absolute atomic E-state index is 11.5. The van der Waals surface area contributed by atoms with Gasteiger partial charge in [-0.15, -0.1) is 0 Å². The standard InChI is InChI=1S/C19H27NO3/c1-13(12-21)10-15-11-14-4-2-3-5-16(14)18(15)6-8-19(20,9-7-18)17(22)23/h2-5,13,15,21H,6-12,20H2,1H3,(H,22,23)/t13-,15+,18?,19?/m1/s1. The Balaban J connectivity index is 1.91. The average Bonchev–Trinajstić information content (AvgIpc) is 2.84. The van der Waals surface area contributed by atoms with E-state index >= 15 is 0 Å². The lowest BCUT2D eigenvalue weighted by molar-refractivity contribution is -0.145. The van der Waals surface area contributed by atoms with Gasteiger partial charge in [-0.2, -0.15) is 0 Å². The van der Waals surface area contributed by atoms with E-state index in [1.807, 2.05) is 0 Å². The molecule has 0 radical (unpaired) electrons. The van der Waals surface area contributed by atoms with E-state index in [0.717, 1.165) is 25.7 Å². The molecule has 0 bridgehead atoms. The highest BCUT2D eigenvalue weighted by Crippen LogP contribution is 2.55. The summed E-state index contributed by atoms with van der Waals surface area (Å²) in [4.78, 5) is 11.5. The molecule has 23 heavy (non-hydrogen) atoms. The molecule has 0 heterocycles. The second-order valence-corrected chi connectivity index (χ2v) is 7.70. The van der Waals surface area contributed by atoms with E-state index in [2.05, 4.69) is 31.2 Å². The van der Waals surface area contributed by atoms with Crippen LogP contribution in [-0.2, 0) is 16.6 Å². The van der Waals surface area contributed by atoms with Crippen LogP contribution < -0.4 is 5.73 Å². The summed E-state index contributed by atoms with van der Waals surface area (Å²) in [7, 11) is 0. The first-order valence-corrected chi connectivity index (χ1v) is 8.63. The van der Waals surface area contributed by atoms with Crippen LogP contribution >= 0.6 is 0 Å². The van der Waals surface area contributed by atoms with Crippen LogP contribution in [0.1, 0.15) is 50.2 Å². The summed E-state index contributed by atoms with van der Waals surface area (Å²) < 4.78 is 0. The summed E-state index contributed by atoms with van der Waals surface area (Å²) in [6, 6.07) is 8.57. The van der Waals surface area contributed by atoms with E-state index in [1.54, 1.807) is 0 Å². The maximum Gasteiger partial charge on any atom is 0.323 e. The molecule has 1 saturated carbocycles. The summed E-state index contributed by atoms with van der Waals surface area (Å²) in [6.07, 6.45) is 4.73. The van der Waals surface area contributed by atoms with Crippen molar-refractivity contribution >= 4 is 5.97 Å². The van der Waals surface area contributed by atoms with Crippen LogP contribution in [0.15, 0.2) is 24.3 Å². The molecule has 3 rings (SSSR count). The Morgan fingerprint density at radius 3 is 2.57 bits per heavy atom. The van der Waals surface area contributed by atoms with Crippen molar-refractivity contribution in [3.63, 3.8) is 0 Å². The highest BCUT2D eigenvalue weighted by molar-refractivity contribution is 5.78. The molecule has 1 spiro atoms. The molecular weight excluding hydrogens is 290 g/mol. The van der Waals surface area contributed by atoms with Gasteiger partial charge in [0.1, 0.15) is 5.54 Å². The molecule has 126 valence electrons. The molecule has 4 heteroatoms. The van der Waals surface area contributed by atoms with Crippen molar-refractivity contribution in [3.05, 3.63) is 35.4 Å². The molecule has 0 amide bonds. The van der Waals surface area contributed by atoms with E-state index < -0.39 is 11.5 Å². The first-order valence-electron chi connectivity index (χ1n) is 8.63. The summed E-state index contributed by atoms with van der Waals surface area (Å²) in [6.45, 7) is 2.29. The average molecular weight is 317 g/mol. The minimum Gasteiger partial charge on any atom is -0.480 e. The highest BCUT2D eigenvalue weighted by Gasteiger charge is 2.52. The Kier molecular flexibility index (Phi) is 4.23. The minimum absolute atomic E-state index is 0.0400. The Morgan fingerprint density at radius 1 is 1.30 bits per heavy atom. The fraction of sp³-hybridized carbons (Fsp3) is 0.632. The van der Waals surface area contributed by atoms with Crippen molar-refractivity contribution in [2.45, 2.75) is 56.4 Å². The molecule has 1 aromatic rings. The number of carbonyl (C=O) groups is 1. The SMILES string of the molecule is C[C@@H](CO)C[C@H]1Cc2ccccc2C12CCC(N)(C(=O)O)CC2. The second kappa shape index (κ2) is 5.91. The van der Waals surface area contributed by atoms with Gasteiger partial charge in [-0.1, -0.05) is 31.2 Å². The predicted octanol–water partition coefficient (Wildman–Crippen LogP) is 2.47. The maximum atomic E-state index is 11.5.